The van der Waals surface area contributed by atoms with Gasteiger partial charge < -0.3 is 10.6 Å². The summed E-state index contributed by atoms with van der Waals surface area (Å²) in [5.74, 6) is 0. The minimum Gasteiger partial charge on any atom is -0.368 e. The first kappa shape index (κ1) is 13.4. The summed E-state index contributed by atoms with van der Waals surface area (Å²) >= 11 is 0. The zero-order valence-electron chi connectivity index (χ0n) is 11.8. The molecule has 0 aliphatic carbocycles. The fraction of sp³-hybridized carbons (Fsp3) is 0.600. The average Bonchev–Trinajstić information content (AvgIpc) is 2.36. The van der Waals surface area contributed by atoms with Gasteiger partial charge in [0.1, 0.15) is 0 Å². The number of benzene rings is 1. The van der Waals surface area contributed by atoms with Crippen LogP contribution in [0.5, 0.6) is 0 Å². The van der Waals surface area contributed by atoms with Crippen LogP contribution in [-0.2, 0) is 6.42 Å². The number of nitrogens with zero attached hydrogens (tertiary/aromatic N) is 2. The lowest BCUT2D eigenvalue weighted by Gasteiger charge is -2.44. The van der Waals surface area contributed by atoms with Crippen LogP contribution in [0.15, 0.2) is 24.3 Å². The number of piperazine rings is 1. The van der Waals surface area contributed by atoms with Crippen LogP contribution < -0.4 is 10.6 Å². The molecule has 0 bridgehead atoms. The average molecular weight is 247 g/mol. The van der Waals surface area contributed by atoms with E-state index >= 15 is 0 Å². The van der Waals surface area contributed by atoms with Crippen molar-refractivity contribution in [3.63, 3.8) is 0 Å². The highest BCUT2D eigenvalue weighted by atomic mass is 15.3. The fourth-order valence-corrected chi connectivity index (χ4v) is 2.79. The summed E-state index contributed by atoms with van der Waals surface area (Å²) in [6.45, 7) is 7.52. The van der Waals surface area contributed by atoms with Gasteiger partial charge in [0.2, 0.25) is 0 Å². The molecule has 1 heterocycles. The van der Waals surface area contributed by atoms with E-state index in [0.29, 0.717) is 12.1 Å². The predicted molar refractivity (Wildman–Crippen MR) is 78.1 cm³/mol. The number of likely N-dealkylation sites (N-methyl/N-ethyl adjacent to an activating group) is 1. The Balaban J connectivity index is 2.21. The maximum Gasteiger partial charge on any atom is 0.0400 e. The van der Waals surface area contributed by atoms with Crippen LogP contribution in [-0.4, -0.2) is 43.7 Å². The number of hydrogen-bond donors (Lipinski definition) is 1. The van der Waals surface area contributed by atoms with Gasteiger partial charge in [0.05, 0.1) is 0 Å². The van der Waals surface area contributed by atoms with E-state index in [9.17, 15) is 0 Å². The molecule has 100 valence electrons. The van der Waals surface area contributed by atoms with Gasteiger partial charge in [0.15, 0.2) is 0 Å². The van der Waals surface area contributed by atoms with E-state index in [1.807, 2.05) is 0 Å². The third-order valence-corrected chi connectivity index (χ3v) is 4.11. The lowest BCUT2D eigenvalue weighted by Crippen LogP contribution is -2.55. The molecule has 0 saturated carbocycles. The standard InChI is InChI=1S/C15H25N3/c1-12-10-18(11-13(2)17(12)3)15-7-5-4-6-14(15)8-9-16/h4-7,12-13H,8-11,16H2,1-3H3. The SMILES string of the molecule is CC1CN(c2ccccc2CCN)CC(C)N1C. The van der Waals surface area contributed by atoms with Crippen LogP contribution in [0.25, 0.3) is 0 Å². The predicted octanol–water partition coefficient (Wildman–Crippen LogP) is 1.72. The summed E-state index contributed by atoms with van der Waals surface area (Å²) in [5.41, 5.74) is 8.46. The normalized spacial score (nSPS) is 25.4. The molecular formula is C15H25N3. The van der Waals surface area contributed by atoms with Gasteiger partial charge in [-0.05, 0) is 45.5 Å². The minimum absolute atomic E-state index is 0.597. The van der Waals surface area contributed by atoms with Crippen LogP contribution in [0.4, 0.5) is 5.69 Å². The summed E-state index contributed by atoms with van der Waals surface area (Å²) in [6.07, 6.45) is 0.964. The van der Waals surface area contributed by atoms with E-state index in [-0.39, 0.29) is 0 Å². The topological polar surface area (TPSA) is 32.5 Å². The van der Waals surface area contributed by atoms with Gasteiger partial charge in [0.25, 0.3) is 0 Å². The lowest BCUT2D eigenvalue weighted by molar-refractivity contribution is 0.170. The van der Waals surface area contributed by atoms with Crippen LogP contribution in [0.1, 0.15) is 19.4 Å². The van der Waals surface area contributed by atoms with Crippen molar-refractivity contribution in [1.29, 1.82) is 0 Å². The Morgan fingerprint density at radius 2 is 1.78 bits per heavy atom. The fourth-order valence-electron chi connectivity index (χ4n) is 2.79. The van der Waals surface area contributed by atoms with Gasteiger partial charge in [0, 0.05) is 30.9 Å². The Bertz CT molecular complexity index is 379. The highest BCUT2D eigenvalue weighted by Gasteiger charge is 2.27. The van der Waals surface area contributed by atoms with Crippen molar-refractivity contribution < 1.29 is 0 Å². The Morgan fingerprint density at radius 1 is 1.17 bits per heavy atom. The zero-order valence-corrected chi connectivity index (χ0v) is 11.8. The highest BCUT2D eigenvalue weighted by Crippen LogP contribution is 2.25. The molecule has 0 radical (unpaired) electrons. The van der Waals surface area contributed by atoms with Crippen molar-refractivity contribution in [3.8, 4) is 0 Å². The summed E-state index contributed by atoms with van der Waals surface area (Å²) in [7, 11) is 2.22. The van der Waals surface area contributed by atoms with E-state index in [1.54, 1.807) is 0 Å². The summed E-state index contributed by atoms with van der Waals surface area (Å²) in [5, 5.41) is 0. The van der Waals surface area contributed by atoms with E-state index in [1.165, 1.54) is 11.3 Å². The smallest absolute Gasteiger partial charge is 0.0400 e. The first-order chi connectivity index (χ1) is 8.63. The van der Waals surface area contributed by atoms with Crippen LogP contribution in [0, 0.1) is 0 Å². The zero-order chi connectivity index (χ0) is 13.1. The molecule has 0 aromatic heterocycles. The number of para-hydroxylation sites is 1. The second-order valence-corrected chi connectivity index (χ2v) is 5.44. The maximum absolute atomic E-state index is 5.71. The molecule has 1 aliphatic heterocycles. The van der Waals surface area contributed by atoms with Crippen LogP contribution in [0.3, 0.4) is 0 Å². The first-order valence-electron chi connectivity index (χ1n) is 6.88. The van der Waals surface area contributed by atoms with Crippen LogP contribution in [0.2, 0.25) is 0 Å². The molecule has 1 saturated heterocycles. The van der Waals surface area contributed by atoms with E-state index in [4.69, 9.17) is 5.73 Å². The van der Waals surface area contributed by atoms with Gasteiger partial charge in [-0.1, -0.05) is 18.2 Å². The van der Waals surface area contributed by atoms with Gasteiger partial charge in [-0.3, -0.25) is 4.90 Å². The molecule has 1 fully saturated rings. The molecule has 2 N–H and O–H groups in total. The van der Waals surface area contributed by atoms with E-state index < -0.39 is 0 Å². The molecule has 1 aliphatic rings. The molecule has 2 unspecified atom stereocenters. The number of nitrogens with two attached hydrogens (primary N) is 1. The minimum atomic E-state index is 0.597. The Morgan fingerprint density at radius 3 is 2.39 bits per heavy atom. The van der Waals surface area contributed by atoms with Gasteiger partial charge in [-0.25, -0.2) is 0 Å². The first-order valence-corrected chi connectivity index (χ1v) is 6.88. The molecule has 1 aromatic carbocycles. The van der Waals surface area contributed by atoms with E-state index in [2.05, 4.69) is 55.0 Å². The van der Waals surface area contributed by atoms with Crippen molar-refractivity contribution in [2.24, 2.45) is 5.73 Å². The molecule has 2 atom stereocenters. The molecular weight excluding hydrogens is 222 g/mol. The van der Waals surface area contributed by atoms with Crippen molar-refractivity contribution in [2.45, 2.75) is 32.4 Å². The highest BCUT2D eigenvalue weighted by molar-refractivity contribution is 5.54. The van der Waals surface area contributed by atoms with Crippen LogP contribution >= 0.6 is 0 Å². The lowest BCUT2D eigenvalue weighted by atomic mass is 10.0. The number of anilines is 1. The van der Waals surface area contributed by atoms with Gasteiger partial charge >= 0.3 is 0 Å². The number of rotatable bonds is 3. The molecule has 3 nitrogen and oxygen atoms in total. The monoisotopic (exact) mass is 247 g/mol. The van der Waals surface area contributed by atoms with Crippen molar-refractivity contribution in [2.75, 3.05) is 31.6 Å². The number of hydrogen-bond acceptors (Lipinski definition) is 3. The summed E-state index contributed by atoms with van der Waals surface area (Å²) in [4.78, 5) is 4.97. The molecule has 0 spiro atoms. The third-order valence-electron chi connectivity index (χ3n) is 4.11. The molecule has 0 amide bonds. The summed E-state index contributed by atoms with van der Waals surface area (Å²) < 4.78 is 0. The van der Waals surface area contributed by atoms with E-state index in [0.717, 1.165) is 26.1 Å². The largest absolute Gasteiger partial charge is 0.368 e. The van der Waals surface area contributed by atoms with Crippen molar-refractivity contribution in [3.05, 3.63) is 29.8 Å². The van der Waals surface area contributed by atoms with Crippen molar-refractivity contribution >= 4 is 5.69 Å². The molecule has 2 rings (SSSR count). The summed E-state index contributed by atoms with van der Waals surface area (Å²) in [6, 6.07) is 9.87. The third kappa shape index (κ3) is 2.68. The second-order valence-electron chi connectivity index (χ2n) is 5.44. The van der Waals surface area contributed by atoms with Gasteiger partial charge in [-0.15, -0.1) is 0 Å². The second kappa shape index (κ2) is 5.72. The Labute approximate surface area is 111 Å². The Kier molecular flexibility index (Phi) is 4.25. The molecule has 18 heavy (non-hydrogen) atoms. The van der Waals surface area contributed by atoms with Gasteiger partial charge in [-0.2, -0.15) is 0 Å². The quantitative estimate of drug-likeness (QED) is 0.882. The molecule has 3 heteroatoms. The van der Waals surface area contributed by atoms with Crippen molar-refractivity contribution in [1.82, 2.24) is 4.90 Å². The maximum atomic E-state index is 5.71. The molecule has 1 aromatic rings. The Hall–Kier alpha value is -1.06.